The van der Waals surface area contributed by atoms with Crippen molar-refractivity contribution >= 4 is 33.7 Å². The molecule has 1 aliphatic rings. The van der Waals surface area contributed by atoms with Crippen LogP contribution >= 0.6 is 0 Å². The highest BCUT2D eigenvalue weighted by atomic mass is 32.2. The maximum absolute atomic E-state index is 13.4. The second-order valence-electron chi connectivity index (χ2n) is 8.19. The number of carbonyl (C=O) groups excluding carboxylic acids is 2. The van der Waals surface area contributed by atoms with Gasteiger partial charge in [0.1, 0.15) is 0 Å². The van der Waals surface area contributed by atoms with Crippen molar-refractivity contribution in [2.75, 3.05) is 25.2 Å². The van der Waals surface area contributed by atoms with E-state index in [-0.39, 0.29) is 24.1 Å². The van der Waals surface area contributed by atoms with Crippen LogP contribution in [0.15, 0.2) is 82.8 Å². The molecule has 0 atom stereocenters. The zero-order chi connectivity index (χ0) is 26.3. The van der Waals surface area contributed by atoms with Crippen LogP contribution in [0.25, 0.3) is 0 Å². The van der Waals surface area contributed by atoms with Gasteiger partial charge in [-0.05, 0) is 60.0 Å². The molecule has 0 spiro atoms. The van der Waals surface area contributed by atoms with E-state index < -0.39 is 22.5 Å². The molecular weight excluding hydrogens is 496 g/mol. The van der Waals surface area contributed by atoms with Gasteiger partial charge in [-0.3, -0.25) is 9.59 Å². The Morgan fingerprint density at radius 3 is 2.46 bits per heavy atom. The highest BCUT2D eigenvalue weighted by Gasteiger charge is 2.26. The Morgan fingerprint density at radius 2 is 1.73 bits per heavy atom. The number of hydrazone groups is 1. The number of fused-ring (bicyclic) bond motifs is 1. The number of benzene rings is 3. The molecule has 0 unspecified atom stereocenters. The first-order chi connectivity index (χ1) is 17.8. The summed E-state index contributed by atoms with van der Waals surface area (Å²) >= 11 is 0. The van der Waals surface area contributed by atoms with Crippen LogP contribution in [0.5, 0.6) is 11.5 Å². The first kappa shape index (κ1) is 25.9. The number of anilines is 1. The molecule has 2 N–H and O–H groups in total. The van der Waals surface area contributed by atoms with Gasteiger partial charge in [0.2, 0.25) is 22.7 Å². The first-order valence-electron chi connectivity index (χ1n) is 11.4. The van der Waals surface area contributed by atoms with Crippen LogP contribution in [0, 0.1) is 0 Å². The minimum absolute atomic E-state index is 0.00586. The predicted octanol–water partition coefficient (Wildman–Crippen LogP) is 2.76. The van der Waals surface area contributed by atoms with E-state index in [2.05, 4.69) is 15.8 Å². The number of carbonyl (C=O) groups is 2. The smallest absolute Gasteiger partial charge is 0.255 e. The van der Waals surface area contributed by atoms with Crippen LogP contribution < -0.4 is 20.2 Å². The summed E-state index contributed by atoms with van der Waals surface area (Å²) in [6.07, 6.45) is 1.85. The molecule has 11 heteroatoms. The summed E-state index contributed by atoms with van der Waals surface area (Å²) in [5.41, 5.74) is 4.47. The number of amides is 2. The Bertz CT molecular complexity index is 1390. The van der Waals surface area contributed by atoms with Crippen molar-refractivity contribution in [1.29, 1.82) is 0 Å². The van der Waals surface area contributed by atoms with E-state index >= 15 is 0 Å². The predicted molar refractivity (Wildman–Crippen MR) is 138 cm³/mol. The molecule has 37 heavy (non-hydrogen) atoms. The summed E-state index contributed by atoms with van der Waals surface area (Å²) < 4.78 is 38.5. The van der Waals surface area contributed by atoms with E-state index in [0.29, 0.717) is 29.2 Å². The van der Waals surface area contributed by atoms with Crippen LogP contribution in [-0.2, 0) is 26.0 Å². The number of rotatable bonds is 10. The molecule has 1 aliphatic heterocycles. The standard InChI is InChI=1S/C26H26N4O6S/c1-19(31)28-22-8-10-23(11-9-22)37(33,34)30(14-13-20-5-3-2-4-6-20)17-26(32)29-27-16-21-7-12-24-25(15-21)36-18-35-24/h2-12,15-16H,13-14,17-18H2,1H3,(H,28,31)(H,29,32)/b27-16-. The second kappa shape index (κ2) is 11.7. The van der Waals surface area contributed by atoms with Crippen molar-refractivity contribution in [2.24, 2.45) is 5.10 Å². The fraction of sp³-hybridized carbons (Fsp3) is 0.192. The van der Waals surface area contributed by atoms with Gasteiger partial charge in [0.25, 0.3) is 5.91 Å². The summed E-state index contributed by atoms with van der Waals surface area (Å²) in [7, 11) is -4.02. The molecule has 0 saturated carbocycles. The molecule has 2 amide bonds. The molecule has 3 aromatic rings. The lowest BCUT2D eigenvalue weighted by molar-refractivity contribution is -0.121. The van der Waals surface area contributed by atoms with Crippen LogP contribution in [0.3, 0.4) is 0 Å². The fourth-order valence-electron chi connectivity index (χ4n) is 3.61. The van der Waals surface area contributed by atoms with Gasteiger partial charge in [-0.25, -0.2) is 13.8 Å². The van der Waals surface area contributed by atoms with E-state index in [1.165, 1.54) is 37.4 Å². The minimum atomic E-state index is -4.02. The molecule has 4 rings (SSSR count). The molecule has 0 aliphatic carbocycles. The van der Waals surface area contributed by atoms with Crippen LogP contribution in [0.2, 0.25) is 0 Å². The molecule has 0 radical (unpaired) electrons. The van der Waals surface area contributed by atoms with Gasteiger partial charge >= 0.3 is 0 Å². The van der Waals surface area contributed by atoms with Crippen LogP contribution in [0.1, 0.15) is 18.1 Å². The summed E-state index contributed by atoms with van der Waals surface area (Å²) in [5.74, 6) is 0.352. The van der Waals surface area contributed by atoms with Crippen molar-refractivity contribution in [3.63, 3.8) is 0 Å². The molecule has 10 nitrogen and oxygen atoms in total. The largest absolute Gasteiger partial charge is 0.454 e. The van der Waals surface area contributed by atoms with Gasteiger partial charge < -0.3 is 14.8 Å². The third-order valence-electron chi connectivity index (χ3n) is 5.42. The molecule has 0 bridgehead atoms. The fourth-order valence-corrected chi connectivity index (χ4v) is 5.01. The number of nitrogens with zero attached hydrogens (tertiary/aromatic N) is 2. The van der Waals surface area contributed by atoms with E-state index in [9.17, 15) is 18.0 Å². The Balaban J connectivity index is 1.46. The van der Waals surface area contributed by atoms with Crippen molar-refractivity contribution in [2.45, 2.75) is 18.2 Å². The third kappa shape index (κ3) is 6.93. The number of hydrogen-bond donors (Lipinski definition) is 2. The van der Waals surface area contributed by atoms with Gasteiger partial charge in [0.05, 0.1) is 17.7 Å². The monoisotopic (exact) mass is 522 g/mol. The summed E-state index contributed by atoms with van der Waals surface area (Å²) in [5, 5.41) is 6.55. The summed E-state index contributed by atoms with van der Waals surface area (Å²) in [6.45, 7) is 1.17. The highest BCUT2D eigenvalue weighted by Crippen LogP contribution is 2.32. The normalized spacial score (nSPS) is 12.6. The molecule has 3 aromatic carbocycles. The molecule has 192 valence electrons. The maximum atomic E-state index is 13.4. The van der Waals surface area contributed by atoms with Crippen molar-refractivity contribution in [3.05, 3.63) is 83.9 Å². The molecule has 0 aromatic heterocycles. The van der Waals surface area contributed by atoms with Crippen molar-refractivity contribution in [3.8, 4) is 11.5 Å². The van der Waals surface area contributed by atoms with Crippen LogP contribution in [-0.4, -0.2) is 50.6 Å². The van der Waals surface area contributed by atoms with Gasteiger partial charge in [-0.15, -0.1) is 0 Å². The number of sulfonamides is 1. The summed E-state index contributed by atoms with van der Waals surface area (Å²) in [6, 6.07) is 20.4. The lowest BCUT2D eigenvalue weighted by Crippen LogP contribution is -2.40. The maximum Gasteiger partial charge on any atom is 0.255 e. The van der Waals surface area contributed by atoms with Gasteiger partial charge in [-0.1, -0.05) is 30.3 Å². The van der Waals surface area contributed by atoms with E-state index in [4.69, 9.17) is 9.47 Å². The highest BCUT2D eigenvalue weighted by molar-refractivity contribution is 7.89. The van der Waals surface area contributed by atoms with E-state index in [1.807, 2.05) is 30.3 Å². The first-order valence-corrected chi connectivity index (χ1v) is 12.9. The average molecular weight is 523 g/mol. The lowest BCUT2D eigenvalue weighted by Gasteiger charge is -2.21. The average Bonchev–Trinajstić information content (AvgIpc) is 3.35. The van der Waals surface area contributed by atoms with Gasteiger partial charge in [0.15, 0.2) is 11.5 Å². The topological polar surface area (TPSA) is 126 Å². The Labute approximate surface area is 214 Å². The molecule has 1 heterocycles. The lowest BCUT2D eigenvalue weighted by atomic mass is 10.1. The molecule has 0 saturated heterocycles. The van der Waals surface area contributed by atoms with Crippen LogP contribution in [0.4, 0.5) is 5.69 Å². The minimum Gasteiger partial charge on any atom is -0.454 e. The number of nitrogens with one attached hydrogen (secondary N) is 2. The SMILES string of the molecule is CC(=O)Nc1ccc(S(=O)(=O)N(CCc2ccccc2)CC(=O)N/N=C\c2ccc3c(c2)OCO3)cc1. The number of ether oxygens (including phenoxy) is 2. The Kier molecular flexibility index (Phi) is 8.16. The Morgan fingerprint density at radius 1 is 1.00 bits per heavy atom. The van der Waals surface area contributed by atoms with Crippen molar-refractivity contribution < 1.29 is 27.5 Å². The van der Waals surface area contributed by atoms with E-state index in [1.54, 1.807) is 18.2 Å². The van der Waals surface area contributed by atoms with Crippen molar-refractivity contribution in [1.82, 2.24) is 9.73 Å². The zero-order valence-electron chi connectivity index (χ0n) is 20.1. The van der Waals surface area contributed by atoms with E-state index in [0.717, 1.165) is 9.87 Å². The Hall–Kier alpha value is -4.22. The summed E-state index contributed by atoms with van der Waals surface area (Å²) in [4.78, 5) is 23.9. The van der Waals surface area contributed by atoms with Gasteiger partial charge in [-0.2, -0.15) is 9.41 Å². The second-order valence-corrected chi connectivity index (χ2v) is 10.1. The van der Waals surface area contributed by atoms with Gasteiger partial charge in [0, 0.05) is 19.2 Å². The number of hydrogen-bond acceptors (Lipinski definition) is 7. The molecular formula is C26H26N4O6S. The molecule has 0 fully saturated rings. The zero-order valence-corrected chi connectivity index (χ0v) is 20.9. The quantitative estimate of drug-likeness (QED) is 0.312. The third-order valence-corrected chi connectivity index (χ3v) is 7.28.